The fraction of sp³-hybridized carbons (Fsp3) is 0.231. The Morgan fingerprint density at radius 2 is 1.71 bits per heavy atom. The lowest BCUT2D eigenvalue weighted by atomic mass is 9.84. The van der Waals surface area contributed by atoms with E-state index < -0.39 is 11.9 Å². The highest BCUT2D eigenvalue weighted by Crippen LogP contribution is 2.53. The van der Waals surface area contributed by atoms with Crippen LogP contribution >= 0.6 is 0 Å². The first-order chi connectivity index (χ1) is 16.4. The molecule has 0 saturated heterocycles. The molecule has 5 rings (SSSR count). The van der Waals surface area contributed by atoms with Gasteiger partial charge in [-0.2, -0.15) is 0 Å². The van der Waals surface area contributed by atoms with Crippen molar-refractivity contribution in [2.24, 2.45) is 0 Å². The second-order valence-corrected chi connectivity index (χ2v) is 7.90. The van der Waals surface area contributed by atoms with E-state index in [4.69, 9.17) is 28.1 Å². The smallest absolute Gasteiger partial charge is 0.312 e. The second-order valence-electron chi connectivity index (χ2n) is 7.90. The molecule has 0 amide bonds. The minimum absolute atomic E-state index is 0.0310. The van der Waals surface area contributed by atoms with Gasteiger partial charge in [0.1, 0.15) is 23.0 Å². The van der Waals surface area contributed by atoms with Crippen LogP contribution in [0.4, 0.5) is 0 Å². The maximum Gasteiger partial charge on any atom is 0.312 e. The van der Waals surface area contributed by atoms with Crippen LogP contribution in [0.2, 0.25) is 0 Å². The number of hydrogen-bond donors (Lipinski definition) is 0. The fourth-order valence-corrected chi connectivity index (χ4v) is 4.43. The van der Waals surface area contributed by atoms with Gasteiger partial charge in [0.05, 0.1) is 33.3 Å². The first-order valence-electron chi connectivity index (χ1n) is 10.6. The number of methoxy groups -OCH3 is 3. The summed E-state index contributed by atoms with van der Waals surface area (Å²) in [6.07, 6.45) is 1.59. The molecule has 0 spiro atoms. The number of hydrogen-bond acceptors (Lipinski definition) is 8. The lowest BCUT2D eigenvalue weighted by molar-refractivity contribution is -0.135. The summed E-state index contributed by atoms with van der Waals surface area (Å²) < 4.78 is 33.7. The molecule has 3 heterocycles. The van der Waals surface area contributed by atoms with E-state index in [1.54, 1.807) is 36.4 Å². The molecule has 8 nitrogen and oxygen atoms in total. The Kier molecular flexibility index (Phi) is 5.28. The Morgan fingerprint density at radius 1 is 0.912 bits per heavy atom. The van der Waals surface area contributed by atoms with Gasteiger partial charge in [-0.1, -0.05) is 6.07 Å². The van der Waals surface area contributed by atoms with Gasteiger partial charge in [0.2, 0.25) is 11.5 Å². The second kappa shape index (κ2) is 8.30. The Bertz CT molecular complexity index is 1350. The van der Waals surface area contributed by atoms with Crippen LogP contribution in [0.5, 0.6) is 28.7 Å². The topological polar surface area (TPSA) is 93.4 Å². The highest BCUT2D eigenvalue weighted by molar-refractivity contribution is 6.15. The number of fused-ring (bicyclic) bond motifs is 3. The molecule has 1 atom stereocenters. The van der Waals surface area contributed by atoms with Crippen molar-refractivity contribution in [3.8, 4) is 28.7 Å². The van der Waals surface area contributed by atoms with E-state index in [2.05, 4.69) is 0 Å². The van der Waals surface area contributed by atoms with Gasteiger partial charge in [0.25, 0.3) is 0 Å². The lowest BCUT2D eigenvalue weighted by Crippen LogP contribution is -2.22. The van der Waals surface area contributed by atoms with Gasteiger partial charge >= 0.3 is 5.97 Å². The van der Waals surface area contributed by atoms with Crippen LogP contribution in [0.25, 0.3) is 6.08 Å². The minimum Gasteiger partial charge on any atom is -0.493 e. The molecule has 0 fully saturated rings. The largest absolute Gasteiger partial charge is 0.493 e. The third-order valence-corrected chi connectivity index (χ3v) is 5.92. The van der Waals surface area contributed by atoms with Crippen LogP contribution in [0.3, 0.4) is 0 Å². The number of ether oxygens (including phenoxy) is 5. The normalized spacial score (nSPS) is 17.6. The van der Waals surface area contributed by atoms with Crippen LogP contribution in [-0.4, -0.2) is 33.1 Å². The molecule has 2 aromatic carbocycles. The Balaban J connectivity index is 1.66. The molecule has 3 aromatic rings. The van der Waals surface area contributed by atoms with E-state index in [1.807, 2.05) is 13.0 Å². The van der Waals surface area contributed by atoms with Gasteiger partial charge in [-0.3, -0.25) is 9.59 Å². The van der Waals surface area contributed by atoms with Crippen molar-refractivity contribution in [3.63, 3.8) is 0 Å². The minimum atomic E-state index is -0.501. The van der Waals surface area contributed by atoms with Crippen LogP contribution in [-0.2, 0) is 4.79 Å². The van der Waals surface area contributed by atoms with E-state index >= 15 is 0 Å². The van der Waals surface area contributed by atoms with Crippen LogP contribution in [0.15, 0.2) is 46.6 Å². The molecular formula is C26H22O8. The summed E-state index contributed by atoms with van der Waals surface area (Å²) >= 11 is 0. The number of carbonyl (C=O) groups is 2. The zero-order valence-corrected chi connectivity index (χ0v) is 19.1. The number of rotatable bonds is 5. The molecule has 8 heteroatoms. The molecule has 0 radical (unpaired) electrons. The highest BCUT2D eigenvalue weighted by Gasteiger charge is 2.40. The number of Topliss-reactive ketones (excluding diaryl/α,β-unsaturated/α-hetero) is 1. The molecule has 34 heavy (non-hydrogen) atoms. The first-order valence-corrected chi connectivity index (χ1v) is 10.6. The Hall–Kier alpha value is -4.20. The summed E-state index contributed by atoms with van der Waals surface area (Å²) in [4.78, 5) is 25.6. The predicted octanol–water partition coefficient (Wildman–Crippen LogP) is 4.67. The molecule has 0 N–H and O–H groups in total. The quantitative estimate of drug-likeness (QED) is 0.307. The summed E-state index contributed by atoms with van der Waals surface area (Å²) in [5.41, 5.74) is 1.66. The third-order valence-electron chi connectivity index (χ3n) is 5.92. The van der Waals surface area contributed by atoms with Gasteiger partial charge < -0.3 is 28.1 Å². The van der Waals surface area contributed by atoms with Crippen molar-refractivity contribution in [1.82, 2.24) is 0 Å². The molecule has 0 bridgehead atoms. The Labute approximate surface area is 195 Å². The average molecular weight is 462 g/mol. The fourth-order valence-electron chi connectivity index (χ4n) is 4.43. The van der Waals surface area contributed by atoms with Gasteiger partial charge in [-0.05, 0) is 37.3 Å². The number of aryl methyl sites for hydroxylation is 1. The van der Waals surface area contributed by atoms with E-state index in [-0.39, 0.29) is 18.0 Å². The predicted molar refractivity (Wildman–Crippen MR) is 121 cm³/mol. The third kappa shape index (κ3) is 3.39. The summed E-state index contributed by atoms with van der Waals surface area (Å²) in [5.74, 6) is 2.19. The number of benzene rings is 2. The maximum atomic E-state index is 13.1. The van der Waals surface area contributed by atoms with Crippen molar-refractivity contribution >= 4 is 17.8 Å². The molecule has 1 unspecified atom stereocenters. The molecule has 2 aliphatic rings. The number of carbonyl (C=O) groups excluding carboxylic acids is 2. The summed E-state index contributed by atoms with van der Waals surface area (Å²) in [5, 5.41) is 0. The van der Waals surface area contributed by atoms with E-state index in [0.29, 0.717) is 51.2 Å². The number of furan rings is 1. The summed E-state index contributed by atoms with van der Waals surface area (Å²) in [6, 6.07) is 10.3. The zero-order valence-electron chi connectivity index (χ0n) is 19.1. The number of ketones is 1. The number of esters is 1. The van der Waals surface area contributed by atoms with Crippen LogP contribution in [0, 0.1) is 6.92 Å². The molecule has 2 aliphatic heterocycles. The first kappa shape index (κ1) is 21.6. The van der Waals surface area contributed by atoms with Gasteiger partial charge in [-0.15, -0.1) is 0 Å². The molecule has 1 aromatic heterocycles. The van der Waals surface area contributed by atoms with Gasteiger partial charge in [-0.25, -0.2) is 0 Å². The molecule has 0 aliphatic carbocycles. The van der Waals surface area contributed by atoms with E-state index in [9.17, 15) is 9.59 Å². The van der Waals surface area contributed by atoms with E-state index in [0.717, 1.165) is 5.76 Å². The van der Waals surface area contributed by atoms with Gasteiger partial charge in [0.15, 0.2) is 17.3 Å². The average Bonchev–Trinajstić information content (AvgIpc) is 3.39. The molecular weight excluding hydrogens is 440 g/mol. The van der Waals surface area contributed by atoms with Crippen molar-refractivity contribution in [2.45, 2.75) is 19.3 Å². The highest BCUT2D eigenvalue weighted by atomic mass is 16.5. The van der Waals surface area contributed by atoms with Crippen LogP contribution in [0.1, 0.15) is 45.3 Å². The summed E-state index contributed by atoms with van der Waals surface area (Å²) in [7, 11) is 4.57. The maximum absolute atomic E-state index is 13.1. The van der Waals surface area contributed by atoms with Crippen molar-refractivity contribution in [2.75, 3.05) is 21.3 Å². The Morgan fingerprint density at radius 3 is 2.38 bits per heavy atom. The van der Waals surface area contributed by atoms with Crippen molar-refractivity contribution < 1.29 is 37.7 Å². The van der Waals surface area contributed by atoms with Crippen LogP contribution < -0.4 is 23.7 Å². The SMILES string of the molecule is COc1ccc(C2CC(=O)Oc3ccc4c(c32)OC(=Cc2ccc(C)o2)C4=O)c(OC)c1OC. The monoisotopic (exact) mass is 462 g/mol. The van der Waals surface area contributed by atoms with Gasteiger partial charge in [0, 0.05) is 23.1 Å². The lowest BCUT2D eigenvalue weighted by Gasteiger charge is -2.28. The summed E-state index contributed by atoms with van der Waals surface area (Å²) in [6.45, 7) is 1.82. The standard InChI is InChI=1S/C26H22O8/c1-13-5-6-14(32-13)11-20-23(28)16-8-9-18-22(24(16)34-20)17(12-21(27)33-18)15-7-10-19(29-2)26(31-4)25(15)30-3/h5-11,17H,12H2,1-4H3. The molecule has 0 saturated carbocycles. The number of allylic oxidation sites excluding steroid dienone is 1. The molecule has 174 valence electrons. The van der Waals surface area contributed by atoms with Crippen molar-refractivity contribution in [3.05, 3.63) is 70.4 Å². The van der Waals surface area contributed by atoms with Crippen molar-refractivity contribution in [1.29, 1.82) is 0 Å². The zero-order chi connectivity index (χ0) is 24.0. The van der Waals surface area contributed by atoms with E-state index in [1.165, 1.54) is 21.3 Å².